The van der Waals surface area contributed by atoms with Crippen LogP contribution in [-0.2, 0) is 0 Å². The minimum absolute atomic E-state index is 0.0288. The lowest BCUT2D eigenvalue weighted by molar-refractivity contribution is 0.439. The molecule has 6 heteroatoms. The number of nitrogen functional groups attached to an aromatic ring is 1. The van der Waals surface area contributed by atoms with E-state index in [1.54, 1.807) is 36.4 Å². The lowest BCUT2D eigenvalue weighted by Gasteiger charge is -2.06. The summed E-state index contributed by atoms with van der Waals surface area (Å²) in [4.78, 5) is 0. The van der Waals surface area contributed by atoms with Crippen LogP contribution in [0.2, 0.25) is 10.0 Å². The number of aromatic nitrogens is 1. The predicted octanol–water partition coefficient (Wildman–Crippen LogP) is 5.04. The van der Waals surface area contributed by atoms with Crippen LogP contribution < -0.4 is 5.73 Å². The van der Waals surface area contributed by atoms with Gasteiger partial charge in [0.15, 0.2) is 0 Å². The van der Waals surface area contributed by atoms with E-state index >= 15 is 0 Å². The largest absolute Gasteiger partial charge is 0.367 e. The van der Waals surface area contributed by atoms with Crippen LogP contribution in [-0.4, -0.2) is 5.16 Å². The van der Waals surface area contributed by atoms with Crippen LogP contribution in [0.1, 0.15) is 0 Å². The van der Waals surface area contributed by atoms with Gasteiger partial charge in [-0.25, -0.2) is 4.39 Å². The molecule has 1 heterocycles. The van der Waals surface area contributed by atoms with Gasteiger partial charge in [0.05, 0.1) is 10.6 Å². The lowest BCUT2D eigenvalue weighted by atomic mass is 10.0. The van der Waals surface area contributed by atoms with E-state index in [0.717, 1.165) is 0 Å². The van der Waals surface area contributed by atoms with Crippen LogP contribution in [0.5, 0.6) is 0 Å². The molecule has 2 N–H and O–H groups in total. The molecule has 0 spiro atoms. The molecule has 3 aromatic rings. The maximum absolute atomic E-state index is 14.0. The van der Waals surface area contributed by atoms with Gasteiger partial charge in [-0.05, 0) is 24.3 Å². The molecule has 0 aliphatic heterocycles. The van der Waals surface area contributed by atoms with Gasteiger partial charge in [-0.2, -0.15) is 0 Å². The van der Waals surface area contributed by atoms with Crippen LogP contribution >= 0.6 is 23.2 Å². The summed E-state index contributed by atoms with van der Waals surface area (Å²) in [6.45, 7) is 0. The van der Waals surface area contributed by atoms with Gasteiger partial charge in [0.1, 0.15) is 11.5 Å². The van der Waals surface area contributed by atoms with E-state index in [1.165, 1.54) is 6.07 Å². The molecule has 0 bridgehead atoms. The molecule has 1 aromatic heterocycles. The summed E-state index contributed by atoms with van der Waals surface area (Å²) in [6.07, 6.45) is 0. The van der Waals surface area contributed by atoms with Gasteiger partial charge in [0.25, 0.3) is 0 Å². The first-order valence-electron chi connectivity index (χ1n) is 6.03. The molecule has 0 unspecified atom stereocenters. The molecule has 21 heavy (non-hydrogen) atoms. The minimum atomic E-state index is -0.418. The number of nitrogens with zero attached hydrogens (tertiary/aromatic N) is 1. The van der Waals surface area contributed by atoms with Crippen LogP contribution in [0.25, 0.3) is 22.4 Å². The lowest BCUT2D eigenvalue weighted by Crippen LogP contribution is -1.91. The first kappa shape index (κ1) is 13.9. The van der Waals surface area contributed by atoms with Crippen molar-refractivity contribution in [1.82, 2.24) is 5.16 Å². The Morgan fingerprint density at radius 1 is 1.05 bits per heavy atom. The third-order valence-electron chi connectivity index (χ3n) is 3.05. The molecule has 0 atom stereocenters. The standard InChI is InChI=1S/C15H9Cl2FN2O/c16-8-5-6-9(11(17)7-8)14-13(15(19)21-20-14)10-3-1-2-4-12(10)18/h1-7H,19H2. The van der Waals surface area contributed by atoms with Gasteiger partial charge < -0.3 is 10.3 Å². The Labute approximate surface area is 130 Å². The molecular weight excluding hydrogens is 314 g/mol. The van der Waals surface area contributed by atoms with Gasteiger partial charge in [-0.15, -0.1) is 0 Å². The second kappa shape index (κ2) is 5.39. The molecule has 3 nitrogen and oxygen atoms in total. The van der Waals surface area contributed by atoms with E-state index in [4.69, 9.17) is 33.5 Å². The monoisotopic (exact) mass is 322 g/mol. The summed E-state index contributed by atoms with van der Waals surface area (Å²) in [5.41, 5.74) is 7.41. The van der Waals surface area contributed by atoms with Crippen molar-refractivity contribution >= 4 is 29.1 Å². The minimum Gasteiger partial charge on any atom is -0.367 e. The highest BCUT2D eigenvalue weighted by Crippen LogP contribution is 2.40. The highest BCUT2D eigenvalue weighted by molar-refractivity contribution is 6.36. The molecule has 0 aliphatic rings. The van der Waals surface area contributed by atoms with E-state index in [1.807, 2.05) is 0 Å². The van der Waals surface area contributed by atoms with E-state index in [-0.39, 0.29) is 5.88 Å². The first-order chi connectivity index (χ1) is 10.1. The second-order valence-corrected chi connectivity index (χ2v) is 5.22. The summed E-state index contributed by atoms with van der Waals surface area (Å²) in [5.74, 6) is -0.389. The highest BCUT2D eigenvalue weighted by Gasteiger charge is 2.21. The van der Waals surface area contributed by atoms with Crippen LogP contribution in [0, 0.1) is 5.82 Å². The molecule has 0 saturated heterocycles. The molecule has 106 valence electrons. The summed E-state index contributed by atoms with van der Waals surface area (Å²) in [5, 5.41) is 4.78. The third-order valence-corrected chi connectivity index (χ3v) is 3.60. The number of hydrogen-bond donors (Lipinski definition) is 1. The molecule has 0 saturated carbocycles. The summed E-state index contributed by atoms with van der Waals surface area (Å²) in [7, 11) is 0. The number of halogens is 3. The van der Waals surface area contributed by atoms with Crippen molar-refractivity contribution in [2.45, 2.75) is 0 Å². The fraction of sp³-hybridized carbons (Fsp3) is 0. The second-order valence-electron chi connectivity index (χ2n) is 4.37. The molecule has 2 aromatic carbocycles. The van der Waals surface area contributed by atoms with Gasteiger partial charge >= 0.3 is 0 Å². The van der Waals surface area contributed by atoms with Crippen molar-refractivity contribution in [3.63, 3.8) is 0 Å². The van der Waals surface area contributed by atoms with Crippen molar-refractivity contribution in [2.75, 3.05) is 5.73 Å². The number of anilines is 1. The number of nitrogens with two attached hydrogens (primary N) is 1. The van der Waals surface area contributed by atoms with E-state index in [9.17, 15) is 4.39 Å². The zero-order valence-electron chi connectivity index (χ0n) is 10.6. The molecule has 0 amide bonds. The Kier molecular flexibility index (Phi) is 3.57. The highest BCUT2D eigenvalue weighted by atomic mass is 35.5. The topological polar surface area (TPSA) is 52.0 Å². The Morgan fingerprint density at radius 2 is 1.81 bits per heavy atom. The number of hydrogen-bond acceptors (Lipinski definition) is 3. The van der Waals surface area contributed by atoms with Crippen LogP contribution in [0.3, 0.4) is 0 Å². The zero-order chi connectivity index (χ0) is 15.0. The van der Waals surface area contributed by atoms with Crippen molar-refractivity contribution in [3.8, 4) is 22.4 Å². The van der Waals surface area contributed by atoms with Gasteiger partial charge in [-0.1, -0.05) is 46.6 Å². The smallest absolute Gasteiger partial charge is 0.230 e. The Hall–Kier alpha value is -2.04. The van der Waals surface area contributed by atoms with Gasteiger partial charge in [0, 0.05) is 16.1 Å². The normalized spacial score (nSPS) is 10.8. The van der Waals surface area contributed by atoms with Gasteiger partial charge in [-0.3, -0.25) is 0 Å². The summed E-state index contributed by atoms with van der Waals surface area (Å²) in [6, 6.07) is 11.2. The van der Waals surface area contributed by atoms with Gasteiger partial charge in [0.2, 0.25) is 5.88 Å². The van der Waals surface area contributed by atoms with Crippen molar-refractivity contribution in [3.05, 3.63) is 58.3 Å². The predicted molar refractivity (Wildman–Crippen MR) is 81.8 cm³/mol. The fourth-order valence-electron chi connectivity index (χ4n) is 2.09. The van der Waals surface area contributed by atoms with Crippen molar-refractivity contribution in [1.29, 1.82) is 0 Å². The van der Waals surface area contributed by atoms with E-state index in [0.29, 0.717) is 32.4 Å². The molecule has 3 rings (SSSR count). The molecular formula is C15H9Cl2FN2O. The fourth-order valence-corrected chi connectivity index (χ4v) is 2.59. The Bertz CT molecular complexity index is 817. The molecule has 0 aliphatic carbocycles. The number of benzene rings is 2. The zero-order valence-corrected chi connectivity index (χ0v) is 12.1. The maximum atomic E-state index is 14.0. The average molecular weight is 323 g/mol. The maximum Gasteiger partial charge on any atom is 0.230 e. The first-order valence-corrected chi connectivity index (χ1v) is 6.79. The molecule has 0 fully saturated rings. The third kappa shape index (κ3) is 2.48. The van der Waals surface area contributed by atoms with E-state index < -0.39 is 5.82 Å². The average Bonchev–Trinajstić information content (AvgIpc) is 2.81. The quantitative estimate of drug-likeness (QED) is 0.719. The van der Waals surface area contributed by atoms with Crippen LogP contribution in [0.4, 0.5) is 10.3 Å². The SMILES string of the molecule is Nc1onc(-c2ccc(Cl)cc2Cl)c1-c1ccccc1F. The van der Waals surface area contributed by atoms with Crippen molar-refractivity contribution in [2.24, 2.45) is 0 Å². The molecule has 0 radical (unpaired) electrons. The van der Waals surface area contributed by atoms with Crippen molar-refractivity contribution < 1.29 is 8.91 Å². The Balaban J connectivity index is 2.25. The van der Waals surface area contributed by atoms with E-state index in [2.05, 4.69) is 5.16 Å². The summed E-state index contributed by atoms with van der Waals surface area (Å²) < 4.78 is 19.0. The Morgan fingerprint density at radius 3 is 2.52 bits per heavy atom. The number of rotatable bonds is 2. The summed E-state index contributed by atoms with van der Waals surface area (Å²) >= 11 is 12.1. The van der Waals surface area contributed by atoms with Crippen LogP contribution in [0.15, 0.2) is 47.0 Å².